The Kier molecular flexibility index (Phi) is 3.61. The molecular weight excluding hydrogens is 292 g/mol. The predicted molar refractivity (Wildman–Crippen MR) is 83.8 cm³/mol. The van der Waals surface area contributed by atoms with Gasteiger partial charge in [0.15, 0.2) is 0 Å². The normalized spacial score (nSPS) is 24.1. The highest BCUT2D eigenvalue weighted by atomic mass is 16.3. The summed E-state index contributed by atoms with van der Waals surface area (Å²) in [4.78, 5) is 22.9. The van der Waals surface area contributed by atoms with Crippen LogP contribution in [-0.4, -0.2) is 49.6 Å². The van der Waals surface area contributed by atoms with Gasteiger partial charge >= 0.3 is 0 Å². The van der Waals surface area contributed by atoms with Gasteiger partial charge < -0.3 is 14.6 Å². The summed E-state index contributed by atoms with van der Waals surface area (Å²) in [5.41, 5.74) is 1.59. The van der Waals surface area contributed by atoms with Gasteiger partial charge in [-0.2, -0.15) is 0 Å². The van der Waals surface area contributed by atoms with Gasteiger partial charge in [0.2, 0.25) is 0 Å². The number of amides is 1. The predicted octanol–water partition coefficient (Wildman–Crippen LogP) is 1.29. The first-order valence-corrected chi connectivity index (χ1v) is 8.11. The molecule has 3 heterocycles. The van der Waals surface area contributed by atoms with Gasteiger partial charge in [0.05, 0.1) is 11.8 Å². The molecule has 1 N–H and O–H groups in total. The summed E-state index contributed by atoms with van der Waals surface area (Å²) in [5.74, 6) is 0.0302. The van der Waals surface area contributed by atoms with Crippen molar-refractivity contribution in [1.29, 1.82) is 0 Å². The molecule has 1 aliphatic heterocycles. The summed E-state index contributed by atoms with van der Waals surface area (Å²) < 4.78 is 2.07. The Morgan fingerprint density at radius 2 is 2.17 bits per heavy atom. The van der Waals surface area contributed by atoms with Crippen molar-refractivity contribution in [3.8, 4) is 0 Å². The van der Waals surface area contributed by atoms with Crippen molar-refractivity contribution in [2.24, 2.45) is 5.92 Å². The zero-order valence-electron chi connectivity index (χ0n) is 12.9. The van der Waals surface area contributed by atoms with E-state index >= 15 is 0 Å². The van der Waals surface area contributed by atoms with Gasteiger partial charge in [-0.25, -0.2) is 0 Å². The fraction of sp³-hybridized carbons (Fsp3) is 0.471. The lowest BCUT2D eigenvalue weighted by molar-refractivity contribution is 0.0754. The molecule has 2 fully saturated rings. The maximum absolute atomic E-state index is 12.8. The number of carbonyl (C=O) groups excluding carboxylic acids is 1. The Morgan fingerprint density at radius 1 is 1.30 bits per heavy atom. The number of nitrogens with zero attached hydrogens (tertiary/aromatic N) is 4. The summed E-state index contributed by atoms with van der Waals surface area (Å²) in [7, 11) is 0. The number of carbonyl (C=O) groups is 1. The number of likely N-dealkylation sites (tertiary alicyclic amines) is 1. The topological polar surface area (TPSA) is 71.2 Å². The highest BCUT2D eigenvalue weighted by Gasteiger charge is 2.36. The number of rotatable bonds is 4. The van der Waals surface area contributed by atoms with Gasteiger partial charge in [0, 0.05) is 49.8 Å². The van der Waals surface area contributed by atoms with Crippen LogP contribution in [0.4, 0.5) is 0 Å². The molecule has 2 aromatic rings. The highest BCUT2D eigenvalue weighted by molar-refractivity contribution is 5.93. The van der Waals surface area contributed by atoms with Crippen molar-refractivity contribution >= 4 is 5.91 Å². The van der Waals surface area contributed by atoms with Crippen LogP contribution in [0.2, 0.25) is 0 Å². The zero-order chi connectivity index (χ0) is 15.8. The smallest absolute Gasteiger partial charge is 0.270 e. The van der Waals surface area contributed by atoms with E-state index in [-0.39, 0.29) is 11.8 Å². The molecule has 0 bridgehead atoms. The molecule has 0 unspecified atom stereocenters. The summed E-state index contributed by atoms with van der Waals surface area (Å²) in [6, 6.07) is 4.28. The van der Waals surface area contributed by atoms with E-state index in [1.165, 1.54) is 0 Å². The molecular formula is C17H20N4O2. The number of aromatic nitrogens is 3. The Labute approximate surface area is 134 Å². The third-order valence-electron chi connectivity index (χ3n) is 4.72. The van der Waals surface area contributed by atoms with Crippen molar-refractivity contribution in [2.75, 3.05) is 13.1 Å². The molecule has 6 nitrogen and oxygen atoms in total. The summed E-state index contributed by atoms with van der Waals surface area (Å²) in [5, 5.41) is 10.3. The Balaban J connectivity index is 1.46. The number of aliphatic hydroxyl groups excluding tert-OH is 1. The van der Waals surface area contributed by atoms with Crippen LogP contribution in [0.5, 0.6) is 0 Å². The largest absolute Gasteiger partial charge is 0.391 e. The number of hydrogen-bond donors (Lipinski definition) is 1. The molecule has 2 atom stereocenters. The van der Waals surface area contributed by atoms with Gasteiger partial charge in [-0.1, -0.05) is 0 Å². The van der Waals surface area contributed by atoms with Crippen molar-refractivity contribution in [1.82, 2.24) is 19.4 Å². The number of hydrogen-bond acceptors (Lipinski definition) is 4. The van der Waals surface area contributed by atoms with E-state index in [4.69, 9.17) is 0 Å². The van der Waals surface area contributed by atoms with Gasteiger partial charge in [0.1, 0.15) is 5.69 Å². The quantitative estimate of drug-likeness (QED) is 0.923. The van der Waals surface area contributed by atoms with Gasteiger partial charge in [-0.05, 0) is 31.4 Å². The molecule has 0 radical (unpaired) electrons. The van der Waals surface area contributed by atoms with E-state index in [1.807, 2.05) is 18.3 Å². The van der Waals surface area contributed by atoms with Crippen LogP contribution in [0.3, 0.4) is 0 Å². The second-order valence-electron chi connectivity index (χ2n) is 6.47. The fourth-order valence-corrected chi connectivity index (χ4v) is 3.33. The van der Waals surface area contributed by atoms with Crippen LogP contribution in [0.15, 0.2) is 36.9 Å². The average molecular weight is 312 g/mol. The second-order valence-corrected chi connectivity index (χ2v) is 6.47. The molecule has 1 amide bonds. The van der Waals surface area contributed by atoms with E-state index < -0.39 is 6.10 Å². The van der Waals surface area contributed by atoms with Crippen LogP contribution in [0.1, 0.15) is 35.1 Å². The Morgan fingerprint density at radius 3 is 2.91 bits per heavy atom. The molecule has 0 spiro atoms. The van der Waals surface area contributed by atoms with Crippen molar-refractivity contribution in [3.63, 3.8) is 0 Å². The molecule has 2 aliphatic rings. The molecule has 1 aliphatic carbocycles. The number of aliphatic hydroxyl groups is 1. The van der Waals surface area contributed by atoms with Crippen molar-refractivity contribution in [2.45, 2.75) is 31.4 Å². The van der Waals surface area contributed by atoms with E-state index in [1.54, 1.807) is 23.5 Å². The fourth-order valence-electron chi connectivity index (χ4n) is 3.33. The first-order chi connectivity index (χ1) is 11.2. The minimum absolute atomic E-state index is 0.0139. The van der Waals surface area contributed by atoms with Crippen LogP contribution in [-0.2, 0) is 6.42 Å². The summed E-state index contributed by atoms with van der Waals surface area (Å²) >= 11 is 0. The second kappa shape index (κ2) is 5.77. The molecule has 1 saturated heterocycles. The zero-order valence-corrected chi connectivity index (χ0v) is 12.9. The third-order valence-corrected chi connectivity index (χ3v) is 4.72. The SMILES string of the molecule is O=C(c1cccn1C1CC1)N1C[C@@H](Cc2cnccn2)[C@H](O)C1. The van der Waals surface area contributed by atoms with Crippen LogP contribution < -0.4 is 0 Å². The monoisotopic (exact) mass is 312 g/mol. The lowest BCUT2D eigenvalue weighted by atomic mass is 10.0. The van der Waals surface area contributed by atoms with E-state index in [0.717, 1.165) is 24.2 Å². The molecule has 6 heteroatoms. The third kappa shape index (κ3) is 2.86. The lowest BCUT2D eigenvalue weighted by Crippen LogP contribution is -2.31. The maximum Gasteiger partial charge on any atom is 0.270 e. The van der Waals surface area contributed by atoms with Crippen LogP contribution in [0, 0.1) is 5.92 Å². The Hall–Kier alpha value is -2.21. The molecule has 120 valence electrons. The summed E-state index contributed by atoms with van der Waals surface area (Å²) in [6.45, 7) is 0.950. The molecule has 23 heavy (non-hydrogen) atoms. The summed E-state index contributed by atoms with van der Waals surface area (Å²) in [6.07, 6.45) is 9.41. The molecule has 4 rings (SSSR count). The highest BCUT2D eigenvalue weighted by Crippen LogP contribution is 2.36. The number of β-amino-alcohol motifs (C(OH)–C–C–N with tert-alkyl or cyclic N) is 1. The lowest BCUT2D eigenvalue weighted by Gasteiger charge is -2.17. The first kappa shape index (κ1) is 14.4. The standard InChI is InChI=1S/C17H20N4O2/c22-16-11-20(10-12(16)8-13-9-18-5-6-19-13)17(23)15-2-1-7-21(15)14-3-4-14/h1-2,5-7,9,12,14,16,22H,3-4,8,10-11H2/t12-,16-/m1/s1. The first-order valence-electron chi connectivity index (χ1n) is 8.11. The van der Waals surface area contributed by atoms with Crippen LogP contribution >= 0.6 is 0 Å². The molecule has 1 saturated carbocycles. The van der Waals surface area contributed by atoms with Gasteiger partial charge in [0.25, 0.3) is 5.91 Å². The van der Waals surface area contributed by atoms with Crippen molar-refractivity contribution < 1.29 is 9.90 Å². The Bertz CT molecular complexity index is 696. The van der Waals surface area contributed by atoms with Gasteiger partial charge in [-0.3, -0.25) is 14.8 Å². The molecule has 2 aromatic heterocycles. The minimum atomic E-state index is -0.509. The maximum atomic E-state index is 12.8. The van der Waals surface area contributed by atoms with Crippen molar-refractivity contribution in [3.05, 3.63) is 48.3 Å². The average Bonchev–Trinajstić information content (AvgIpc) is 3.18. The van der Waals surface area contributed by atoms with E-state index in [0.29, 0.717) is 25.6 Å². The van der Waals surface area contributed by atoms with Gasteiger partial charge in [-0.15, -0.1) is 0 Å². The minimum Gasteiger partial charge on any atom is -0.391 e. The molecule has 0 aromatic carbocycles. The van der Waals surface area contributed by atoms with E-state index in [9.17, 15) is 9.90 Å². The van der Waals surface area contributed by atoms with E-state index in [2.05, 4.69) is 14.5 Å². The van der Waals surface area contributed by atoms with Crippen LogP contribution in [0.25, 0.3) is 0 Å².